The largest absolute Gasteiger partial charge is 0.481 e. The maximum absolute atomic E-state index is 13.1. The average molecular weight is 243 g/mol. The molecule has 0 spiro atoms. The quantitative estimate of drug-likeness (QED) is 0.650. The van der Waals surface area contributed by atoms with E-state index < -0.39 is 34.6 Å². The van der Waals surface area contributed by atoms with Crippen molar-refractivity contribution in [2.75, 3.05) is 0 Å². The van der Waals surface area contributed by atoms with Crippen LogP contribution in [-0.2, 0) is 4.79 Å². The number of hydrogen-bond acceptors (Lipinski definition) is 3. The summed E-state index contributed by atoms with van der Waals surface area (Å²) in [4.78, 5) is 19.8. The Morgan fingerprint density at radius 1 is 1.47 bits per heavy atom. The van der Waals surface area contributed by atoms with Crippen LogP contribution in [0.1, 0.15) is 12.0 Å². The summed E-state index contributed by atoms with van der Waals surface area (Å²) in [6.45, 7) is 0. The molecule has 0 aromatic heterocycles. The molecule has 5 nitrogen and oxygen atoms in total. The van der Waals surface area contributed by atoms with E-state index in [0.717, 1.165) is 18.2 Å². The molecule has 0 fully saturated rings. The highest BCUT2D eigenvalue weighted by Gasteiger charge is 2.20. The van der Waals surface area contributed by atoms with Crippen molar-refractivity contribution in [3.05, 3.63) is 45.5 Å². The molecule has 0 radical (unpaired) electrons. The number of hydrogen-bond donors (Lipinski definition) is 1. The Kier molecular flexibility index (Phi) is 3.86. The van der Waals surface area contributed by atoms with Crippen molar-refractivity contribution in [1.82, 2.24) is 0 Å². The lowest BCUT2D eigenvalue weighted by molar-refractivity contribution is -0.387. The molecule has 0 saturated carbocycles. The lowest BCUT2D eigenvalue weighted by Crippen LogP contribution is -1.97. The summed E-state index contributed by atoms with van der Waals surface area (Å²) >= 11 is 0. The second kappa shape index (κ2) is 5.15. The zero-order chi connectivity index (χ0) is 13.0. The summed E-state index contributed by atoms with van der Waals surface area (Å²) in [7, 11) is 0. The highest BCUT2D eigenvalue weighted by Crippen LogP contribution is 2.25. The SMILES string of the molecule is O=C(O)CC=Cc1cc(F)cc(F)c1[N+](=O)[O-]. The topological polar surface area (TPSA) is 80.4 Å². The lowest BCUT2D eigenvalue weighted by atomic mass is 10.1. The minimum Gasteiger partial charge on any atom is -0.481 e. The van der Waals surface area contributed by atoms with Gasteiger partial charge in [-0.1, -0.05) is 12.2 Å². The third-order valence-corrected chi connectivity index (χ3v) is 1.83. The van der Waals surface area contributed by atoms with Crippen LogP contribution in [0.5, 0.6) is 0 Å². The molecule has 1 aromatic rings. The number of carbonyl (C=O) groups is 1. The number of carboxylic acid groups (broad SMARTS) is 1. The highest BCUT2D eigenvalue weighted by molar-refractivity contribution is 5.71. The summed E-state index contributed by atoms with van der Waals surface area (Å²) < 4.78 is 26.0. The number of halogens is 2. The summed E-state index contributed by atoms with van der Waals surface area (Å²) in [5.41, 5.74) is -1.19. The van der Waals surface area contributed by atoms with Gasteiger partial charge in [0.25, 0.3) is 0 Å². The highest BCUT2D eigenvalue weighted by atomic mass is 19.1. The van der Waals surface area contributed by atoms with Gasteiger partial charge in [-0.25, -0.2) is 4.39 Å². The number of nitro benzene ring substituents is 1. The van der Waals surface area contributed by atoms with E-state index in [2.05, 4.69) is 0 Å². The van der Waals surface area contributed by atoms with E-state index in [1.807, 2.05) is 0 Å². The van der Waals surface area contributed by atoms with Crippen LogP contribution in [0.3, 0.4) is 0 Å². The van der Waals surface area contributed by atoms with E-state index in [-0.39, 0.29) is 5.56 Å². The normalized spacial score (nSPS) is 10.7. The van der Waals surface area contributed by atoms with Gasteiger partial charge >= 0.3 is 11.7 Å². The molecule has 0 bridgehead atoms. The zero-order valence-electron chi connectivity index (χ0n) is 8.39. The van der Waals surface area contributed by atoms with Crippen LogP contribution >= 0.6 is 0 Å². The number of nitro groups is 1. The van der Waals surface area contributed by atoms with Crippen molar-refractivity contribution in [2.45, 2.75) is 6.42 Å². The van der Waals surface area contributed by atoms with E-state index in [1.165, 1.54) is 0 Å². The third kappa shape index (κ3) is 3.33. The first-order valence-electron chi connectivity index (χ1n) is 4.43. The molecule has 0 aliphatic heterocycles. The summed E-state index contributed by atoms with van der Waals surface area (Å²) in [5, 5.41) is 18.9. The first-order chi connectivity index (χ1) is 7.91. The van der Waals surface area contributed by atoms with Crippen molar-refractivity contribution < 1.29 is 23.6 Å². The number of rotatable bonds is 4. The molecule has 7 heteroatoms. The first kappa shape index (κ1) is 12.8. The fourth-order valence-corrected chi connectivity index (χ4v) is 1.19. The Balaban J connectivity index is 3.17. The van der Waals surface area contributed by atoms with E-state index in [0.29, 0.717) is 6.07 Å². The molecule has 0 atom stereocenters. The fourth-order valence-electron chi connectivity index (χ4n) is 1.19. The summed E-state index contributed by atoms with van der Waals surface area (Å²) in [5.74, 6) is -3.42. The van der Waals surface area contributed by atoms with Gasteiger partial charge in [0.1, 0.15) is 5.82 Å². The van der Waals surface area contributed by atoms with E-state index in [1.54, 1.807) is 0 Å². The van der Waals surface area contributed by atoms with Gasteiger partial charge in [0, 0.05) is 6.07 Å². The van der Waals surface area contributed by atoms with E-state index >= 15 is 0 Å². The van der Waals surface area contributed by atoms with Crippen molar-refractivity contribution in [3.63, 3.8) is 0 Å². The van der Waals surface area contributed by atoms with Gasteiger partial charge in [-0.05, 0) is 6.07 Å². The minimum atomic E-state index is -1.30. The van der Waals surface area contributed by atoms with E-state index in [4.69, 9.17) is 5.11 Å². The Morgan fingerprint density at radius 2 is 2.12 bits per heavy atom. The summed E-state index contributed by atoms with van der Waals surface area (Å²) in [6.07, 6.45) is 1.68. The van der Waals surface area contributed by atoms with Crippen molar-refractivity contribution in [3.8, 4) is 0 Å². The molecule has 0 unspecified atom stereocenters. The van der Waals surface area contributed by atoms with E-state index in [9.17, 15) is 23.7 Å². The van der Waals surface area contributed by atoms with Gasteiger partial charge in [0.05, 0.1) is 16.9 Å². The van der Waals surface area contributed by atoms with Gasteiger partial charge in [0.2, 0.25) is 5.82 Å². The standard InChI is InChI=1S/C10H7F2NO4/c11-7-4-6(2-1-3-9(14)15)10(13(16)17)8(12)5-7/h1-2,4-5H,3H2,(H,14,15). The van der Waals surface area contributed by atoms with Gasteiger partial charge in [0.15, 0.2) is 0 Å². The van der Waals surface area contributed by atoms with Crippen molar-refractivity contribution in [1.29, 1.82) is 0 Å². The van der Waals surface area contributed by atoms with Crippen LogP contribution < -0.4 is 0 Å². The number of aliphatic carboxylic acids is 1. The molecular weight excluding hydrogens is 236 g/mol. The first-order valence-corrected chi connectivity index (χ1v) is 4.43. The second-order valence-electron chi connectivity index (χ2n) is 3.08. The van der Waals surface area contributed by atoms with Crippen LogP contribution in [-0.4, -0.2) is 16.0 Å². The average Bonchev–Trinajstić information content (AvgIpc) is 2.14. The maximum Gasteiger partial charge on any atom is 0.312 e. The lowest BCUT2D eigenvalue weighted by Gasteiger charge is -1.99. The Morgan fingerprint density at radius 3 is 2.65 bits per heavy atom. The maximum atomic E-state index is 13.1. The van der Waals surface area contributed by atoms with Crippen LogP contribution in [0.4, 0.5) is 14.5 Å². The smallest absolute Gasteiger partial charge is 0.312 e. The van der Waals surface area contributed by atoms with Gasteiger partial charge in [-0.15, -0.1) is 0 Å². The number of carboxylic acids is 1. The van der Waals surface area contributed by atoms with Gasteiger partial charge < -0.3 is 5.11 Å². The van der Waals surface area contributed by atoms with Crippen LogP contribution in [0.2, 0.25) is 0 Å². The molecule has 0 heterocycles. The van der Waals surface area contributed by atoms with Crippen LogP contribution in [0, 0.1) is 21.7 Å². The number of nitrogens with zero attached hydrogens (tertiary/aromatic N) is 1. The number of benzene rings is 1. The molecular formula is C10H7F2NO4. The van der Waals surface area contributed by atoms with Crippen LogP contribution in [0.15, 0.2) is 18.2 Å². The predicted octanol–water partition coefficient (Wildman–Crippen LogP) is 2.36. The molecule has 1 N–H and O–H groups in total. The zero-order valence-corrected chi connectivity index (χ0v) is 8.39. The molecule has 0 saturated heterocycles. The van der Waals surface area contributed by atoms with Crippen molar-refractivity contribution in [2.24, 2.45) is 0 Å². The minimum absolute atomic E-state index is 0.311. The van der Waals surface area contributed by atoms with Crippen molar-refractivity contribution >= 4 is 17.7 Å². The fraction of sp³-hybridized carbons (Fsp3) is 0.100. The molecule has 0 amide bonds. The third-order valence-electron chi connectivity index (χ3n) is 1.83. The van der Waals surface area contributed by atoms with Crippen LogP contribution in [0.25, 0.3) is 6.08 Å². The molecule has 1 rings (SSSR count). The molecule has 17 heavy (non-hydrogen) atoms. The molecule has 0 aliphatic rings. The Bertz CT molecular complexity index is 499. The molecule has 1 aromatic carbocycles. The Hall–Kier alpha value is -2.31. The van der Waals surface area contributed by atoms with Gasteiger partial charge in [-0.2, -0.15) is 4.39 Å². The predicted molar refractivity (Wildman–Crippen MR) is 54.3 cm³/mol. The monoisotopic (exact) mass is 243 g/mol. The summed E-state index contributed by atoms with van der Waals surface area (Å²) in [6, 6.07) is 1.16. The molecule has 90 valence electrons. The Labute approximate surface area is 94.1 Å². The van der Waals surface area contributed by atoms with Gasteiger partial charge in [-0.3, -0.25) is 14.9 Å². The molecule has 0 aliphatic carbocycles. The second-order valence-corrected chi connectivity index (χ2v) is 3.08.